The molecule has 0 radical (unpaired) electrons. The Bertz CT molecular complexity index is 301. The van der Waals surface area contributed by atoms with Gasteiger partial charge in [0.1, 0.15) is 0 Å². The molecule has 1 aliphatic heterocycles. The number of hydrogen-bond acceptors (Lipinski definition) is 3. The molecular weight excluding hydrogens is 210 g/mol. The van der Waals surface area contributed by atoms with Gasteiger partial charge in [0.15, 0.2) is 0 Å². The van der Waals surface area contributed by atoms with Crippen molar-refractivity contribution in [3.63, 3.8) is 0 Å². The minimum atomic E-state index is -3.38. The van der Waals surface area contributed by atoms with Crippen LogP contribution in [0.2, 0.25) is 0 Å². The predicted molar refractivity (Wildman–Crippen MR) is 54.5 cm³/mol. The van der Waals surface area contributed by atoms with Gasteiger partial charge in [0.2, 0.25) is 0 Å². The minimum absolute atomic E-state index is 0.247. The van der Waals surface area contributed by atoms with E-state index in [2.05, 4.69) is 4.72 Å². The minimum Gasteiger partial charge on any atom is -0.392 e. The van der Waals surface area contributed by atoms with Gasteiger partial charge in [-0.2, -0.15) is 12.7 Å². The van der Waals surface area contributed by atoms with E-state index in [0.29, 0.717) is 6.54 Å². The first kappa shape index (κ1) is 10.8. The fourth-order valence-corrected chi connectivity index (χ4v) is 2.90. The van der Waals surface area contributed by atoms with Gasteiger partial charge in [0.25, 0.3) is 10.2 Å². The molecular formula is C6H13N3O2S2. The van der Waals surface area contributed by atoms with Gasteiger partial charge < -0.3 is 5.73 Å². The second-order valence-electron chi connectivity index (χ2n) is 2.88. The first-order valence-corrected chi connectivity index (χ1v) is 5.83. The standard InChI is InChI=1S/C6H13N3O2S2/c1-8-13(10,11)9-4-2-3-5(9)6(7)12/h5,8H,2-4H2,1H3,(H2,7,12). The van der Waals surface area contributed by atoms with Crippen LogP contribution in [-0.2, 0) is 10.2 Å². The Labute approximate surface area is 83.5 Å². The van der Waals surface area contributed by atoms with Crippen molar-refractivity contribution < 1.29 is 8.42 Å². The summed E-state index contributed by atoms with van der Waals surface area (Å²) in [6, 6.07) is -0.313. The Kier molecular flexibility index (Phi) is 3.23. The SMILES string of the molecule is CNS(=O)(=O)N1CCCC1C(N)=S. The number of rotatable bonds is 3. The first-order chi connectivity index (χ1) is 5.99. The Morgan fingerprint density at radius 3 is 2.77 bits per heavy atom. The van der Waals surface area contributed by atoms with E-state index in [1.807, 2.05) is 0 Å². The molecule has 5 nitrogen and oxygen atoms in total. The Morgan fingerprint density at radius 1 is 1.69 bits per heavy atom. The molecule has 1 rings (SSSR count). The molecule has 1 saturated heterocycles. The van der Waals surface area contributed by atoms with Crippen molar-refractivity contribution in [1.82, 2.24) is 9.03 Å². The molecule has 0 saturated carbocycles. The summed E-state index contributed by atoms with van der Waals surface area (Å²) in [7, 11) is -2.00. The third kappa shape index (κ3) is 2.16. The number of nitrogens with two attached hydrogens (primary N) is 1. The summed E-state index contributed by atoms with van der Waals surface area (Å²) in [6.07, 6.45) is 1.53. The predicted octanol–water partition coefficient (Wildman–Crippen LogP) is -0.799. The van der Waals surface area contributed by atoms with E-state index in [0.717, 1.165) is 12.8 Å². The molecule has 0 aromatic rings. The number of hydrogen-bond donors (Lipinski definition) is 2. The maximum Gasteiger partial charge on any atom is 0.279 e. The first-order valence-electron chi connectivity index (χ1n) is 3.98. The molecule has 0 aromatic carbocycles. The average molecular weight is 223 g/mol. The lowest BCUT2D eigenvalue weighted by Crippen LogP contribution is -2.46. The van der Waals surface area contributed by atoms with E-state index in [-0.39, 0.29) is 11.0 Å². The van der Waals surface area contributed by atoms with Crippen LogP contribution in [0.5, 0.6) is 0 Å². The summed E-state index contributed by atoms with van der Waals surface area (Å²) in [5.74, 6) is 0. The highest BCUT2D eigenvalue weighted by molar-refractivity contribution is 7.87. The summed E-state index contributed by atoms with van der Waals surface area (Å²) in [5, 5.41) is 0. The van der Waals surface area contributed by atoms with Crippen molar-refractivity contribution in [3.8, 4) is 0 Å². The molecule has 0 aliphatic carbocycles. The van der Waals surface area contributed by atoms with Gasteiger partial charge in [-0.15, -0.1) is 0 Å². The van der Waals surface area contributed by atoms with E-state index >= 15 is 0 Å². The molecule has 1 fully saturated rings. The highest BCUT2D eigenvalue weighted by Crippen LogP contribution is 2.19. The summed E-state index contributed by atoms with van der Waals surface area (Å²) in [6.45, 7) is 0.491. The van der Waals surface area contributed by atoms with Gasteiger partial charge >= 0.3 is 0 Å². The van der Waals surface area contributed by atoms with Gasteiger partial charge in [-0.3, -0.25) is 0 Å². The van der Waals surface area contributed by atoms with Crippen molar-refractivity contribution in [2.24, 2.45) is 5.73 Å². The molecule has 0 amide bonds. The summed E-state index contributed by atoms with van der Waals surface area (Å²) >= 11 is 4.79. The third-order valence-corrected chi connectivity index (χ3v) is 3.94. The number of nitrogens with zero attached hydrogens (tertiary/aromatic N) is 1. The fraction of sp³-hybridized carbons (Fsp3) is 0.833. The maximum atomic E-state index is 11.4. The second-order valence-corrected chi connectivity index (χ2v) is 5.18. The van der Waals surface area contributed by atoms with Gasteiger partial charge in [0, 0.05) is 13.6 Å². The smallest absolute Gasteiger partial charge is 0.279 e. The highest BCUT2D eigenvalue weighted by atomic mass is 32.2. The zero-order valence-corrected chi connectivity index (χ0v) is 8.99. The number of nitrogens with one attached hydrogen (secondary N) is 1. The quantitative estimate of drug-likeness (QED) is 0.614. The van der Waals surface area contributed by atoms with E-state index in [1.54, 1.807) is 0 Å². The third-order valence-electron chi connectivity index (χ3n) is 2.10. The van der Waals surface area contributed by atoms with Crippen molar-refractivity contribution in [2.45, 2.75) is 18.9 Å². The zero-order chi connectivity index (χ0) is 10.1. The van der Waals surface area contributed by atoms with Crippen LogP contribution in [0, 0.1) is 0 Å². The van der Waals surface area contributed by atoms with Crippen LogP contribution in [0.15, 0.2) is 0 Å². The molecule has 76 valence electrons. The highest BCUT2D eigenvalue weighted by Gasteiger charge is 2.34. The summed E-state index contributed by atoms with van der Waals surface area (Å²) in [4.78, 5) is 0.247. The topological polar surface area (TPSA) is 75.4 Å². The van der Waals surface area contributed by atoms with E-state index in [1.165, 1.54) is 11.4 Å². The van der Waals surface area contributed by atoms with Crippen LogP contribution in [0.25, 0.3) is 0 Å². The molecule has 7 heteroatoms. The normalized spacial score (nSPS) is 24.8. The van der Waals surface area contributed by atoms with Crippen molar-refractivity contribution in [2.75, 3.05) is 13.6 Å². The van der Waals surface area contributed by atoms with E-state index < -0.39 is 10.2 Å². The lowest BCUT2D eigenvalue weighted by atomic mass is 10.2. The van der Waals surface area contributed by atoms with Gasteiger partial charge in [-0.25, -0.2) is 4.72 Å². The molecule has 3 N–H and O–H groups in total. The fourth-order valence-electron chi connectivity index (χ4n) is 1.43. The monoisotopic (exact) mass is 223 g/mol. The van der Waals surface area contributed by atoms with Crippen molar-refractivity contribution in [1.29, 1.82) is 0 Å². The van der Waals surface area contributed by atoms with Gasteiger partial charge in [0.05, 0.1) is 11.0 Å². The lowest BCUT2D eigenvalue weighted by Gasteiger charge is -2.21. The van der Waals surface area contributed by atoms with E-state index in [4.69, 9.17) is 18.0 Å². The molecule has 1 heterocycles. The van der Waals surface area contributed by atoms with Crippen molar-refractivity contribution >= 4 is 27.4 Å². The van der Waals surface area contributed by atoms with E-state index in [9.17, 15) is 8.42 Å². The molecule has 13 heavy (non-hydrogen) atoms. The largest absolute Gasteiger partial charge is 0.392 e. The number of thiocarbonyl (C=S) groups is 1. The van der Waals surface area contributed by atoms with Crippen LogP contribution in [0.4, 0.5) is 0 Å². The Hall–Kier alpha value is -0.240. The molecule has 1 aliphatic rings. The molecule has 0 bridgehead atoms. The molecule has 0 spiro atoms. The average Bonchev–Trinajstić information content (AvgIpc) is 2.52. The van der Waals surface area contributed by atoms with Crippen molar-refractivity contribution in [3.05, 3.63) is 0 Å². The lowest BCUT2D eigenvalue weighted by molar-refractivity contribution is 0.440. The maximum absolute atomic E-state index is 11.4. The van der Waals surface area contributed by atoms with Crippen LogP contribution in [-0.4, -0.2) is 37.3 Å². The summed E-state index contributed by atoms with van der Waals surface area (Å²) in [5.41, 5.74) is 5.44. The Morgan fingerprint density at radius 2 is 2.31 bits per heavy atom. The zero-order valence-electron chi connectivity index (χ0n) is 7.36. The van der Waals surface area contributed by atoms with Crippen LogP contribution >= 0.6 is 12.2 Å². The van der Waals surface area contributed by atoms with Crippen LogP contribution in [0.1, 0.15) is 12.8 Å². The molecule has 1 atom stereocenters. The Balaban J connectivity index is 2.86. The molecule has 1 unspecified atom stereocenters. The van der Waals surface area contributed by atoms with Gasteiger partial charge in [-0.05, 0) is 12.8 Å². The van der Waals surface area contributed by atoms with Crippen LogP contribution in [0.3, 0.4) is 0 Å². The second kappa shape index (κ2) is 3.87. The van der Waals surface area contributed by atoms with Crippen LogP contribution < -0.4 is 10.5 Å². The molecule has 0 aromatic heterocycles. The van der Waals surface area contributed by atoms with Gasteiger partial charge in [-0.1, -0.05) is 12.2 Å². The summed E-state index contributed by atoms with van der Waals surface area (Å²) < 4.78 is 26.4.